The number of carbonyl (C=O) groups excluding carboxylic acids is 2. The third-order valence-corrected chi connectivity index (χ3v) is 4.20. The van der Waals surface area contributed by atoms with Crippen LogP contribution in [0.3, 0.4) is 0 Å². The van der Waals surface area contributed by atoms with Crippen molar-refractivity contribution in [2.24, 2.45) is 17.3 Å². The third kappa shape index (κ3) is 4.69. The zero-order chi connectivity index (χ0) is 13.1. The van der Waals surface area contributed by atoms with Gasteiger partial charge in [-0.25, -0.2) is 0 Å². The smallest absolute Gasteiger partial charge is 0.192 e. The van der Waals surface area contributed by atoms with Crippen molar-refractivity contribution in [3.63, 3.8) is 0 Å². The first-order chi connectivity index (χ1) is 7.07. The van der Waals surface area contributed by atoms with E-state index in [1.54, 1.807) is 0 Å². The van der Waals surface area contributed by atoms with Crippen LogP contribution in [0.4, 0.5) is 0 Å². The highest BCUT2D eigenvalue weighted by molar-refractivity contribution is 8.14. The number of thioether (sulfide) groups is 1. The summed E-state index contributed by atoms with van der Waals surface area (Å²) in [6, 6.07) is 0. The van der Waals surface area contributed by atoms with Crippen LogP contribution in [0.25, 0.3) is 0 Å². The predicted molar refractivity (Wildman–Crippen MR) is 70.5 cm³/mol. The quantitative estimate of drug-likeness (QED) is 0.758. The summed E-state index contributed by atoms with van der Waals surface area (Å²) in [6.07, 6.45) is 0. The van der Waals surface area contributed by atoms with Gasteiger partial charge in [0.05, 0.1) is 5.25 Å². The first-order valence-electron chi connectivity index (χ1n) is 5.81. The lowest BCUT2D eigenvalue weighted by molar-refractivity contribution is -0.123. The van der Waals surface area contributed by atoms with Crippen molar-refractivity contribution in [1.29, 1.82) is 0 Å². The van der Waals surface area contributed by atoms with Crippen molar-refractivity contribution in [2.45, 2.75) is 53.7 Å². The van der Waals surface area contributed by atoms with E-state index in [1.807, 2.05) is 48.5 Å². The molecule has 0 aromatic rings. The molecule has 2 nitrogen and oxygen atoms in total. The lowest BCUT2D eigenvalue weighted by Gasteiger charge is -2.30. The monoisotopic (exact) mass is 244 g/mol. The molecule has 0 radical (unpaired) electrons. The molecule has 0 bridgehead atoms. The summed E-state index contributed by atoms with van der Waals surface area (Å²) in [5, 5.41) is -0.128. The SMILES string of the molecule is CC(C)C(=O)SC(C(=O)C(C)C)C(C)(C)C. The van der Waals surface area contributed by atoms with Crippen LogP contribution in [0.5, 0.6) is 0 Å². The molecule has 16 heavy (non-hydrogen) atoms. The Morgan fingerprint density at radius 2 is 1.38 bits per heavy atom. The molecule has 1 unspecified atom stereocenters. The van der Waals surface area contributed by atoms with Crippen molar-refractivity contribution in [2.75, 3.05) is 0 Å². The van der Waals surface area contributed by atoms with Gasteiger partial charge in [0, 0.05) is 11.8 Å². The molecule has 0 amide bonds. The molecule has 0 fully saturated rings. The van der Waals surface area contributed by atoms with Crippen LogP contribution in [0.1, 0.15) is 48.5 Å². The van der Waals surface area contributed by atoms with Crippen LogP contribution in [0, 0.1) is 17.3 Å². The molecule has 0 aromatic carbocycles. The van der Waals surface area contributed by atoms with Crippen molar-refractivity contribution in [3.05, 3.63) is 0 Å². The Balaban J connectivity index is 4.85. The van der Waals surface area contributed by atoms with E-state index in [0.29, 0.717) is 0 Å². The standard InChI is InChI=1S/C13H24O2S/c1-8(2)10(14)11(13(5,6)7)16-12(15)9(3)4/h8-9,11H,1-7H3. The molecular formula is C13H24O2S. The molecular weight excluding hydrogens is 220 g/mol. The second-order valence-corrected chi connectivity index (χ2v) is 7.00. The first kappa shape index (κ1) is 15.7. The molecule has 0 saturated heterocycles. The van der Waals surface area contributed by atoms with Gasteiger partial charge in [0.15, 0.2) is 5.12 Å². The Morgan fingerprint density at radius 1 is 0.938 bits per heavy atom. The fourth-order valence-corrected chi connectivity index (χ4v) is 2.46. The van der Waals surface area contributed by atoms with Crippen LogP contribution in [0.2, 0.25) is 0 Å². The topological polar surface area (TPSA) is 34.1 Å². The van der Waals surface area contributed by atoms with Crippen molar-refractivity contribution >= 4 is 22.7 Å². The molecule has 0 aliphatic carbocycles. The molecule has 0 saturated carbocycles. The highest BCUT2D eigenvalue weighted by Crippen LogP contribution is 2.34. The summed E-state index contributed by atoms with van der Waals surface area (Å²) in [5.74, 6) is 0.137. The van der Waals surface area contributed by atoms with Gasteiger partial charge in [-0.1, -0.05) is 60.2 Å². The van der Waals surface area contributed by atoms with Crippen LogP contribution in [-0.2, 0) is 9.59 Å². The predicted octanol–water partition coefficient (Wildman–Crippen LogP) is 3.54. The lowest BCUT2D eigenvalue weighted by Crippen LogP contribution is -2.35. The lowest BCUT2D eigenvalue weighted by atomic mass is 9.86. The third-order valence-electron chi connectivity index (χ3n) is 2.32. The Labute approximate surface area is 104 Å². The van der Waals surface area contributed by atoms with Crippen molar-refractivity contribution in [1.82, 2.24) is 0 Å². The van der Waals surface area contributed by atoms with Gasteiger partial charge >= 0.3 is 0 Å². The van der Waals surface area contributed by atoms with Gasteiger partial charge in [-0.15, -0.1) is 0 Å². The highest BCUT2D eigenvalue weighted by Gasteiger charge is 2.35. The van der Waals surface area contributed by atoms with Gasteiger partial charge in [-0.2, -0.15) is 0 Å². The molecule has 0 spiro atoms. The summed E-state index contributed by atoms with van der Waals surface area (Å²) in [4.78, 5) is 23.8. The minimum atomic E-state index is -0.234. The van der Waals surface area contributed by atoms with Gasteiger partial charge in [0.25, 0.3) is 0 Å². The van der Waals surface area contributed by atoms with Crippen molar-refractivity contribution < 1.29 is 9.59 Å². The summed E-state index contributed by atoms with van der Waals surface area (Å²) >= 11 is 1.21. The number of carbonyl (C=O) groups is 2. The second-order valence-electron chi connectivity index (χ2n) is 5.89. The Bertz CT molecular complexity index is 262. The number of ketones is 1. The Morgan fingerprint density at radius 3 is 1.62 bits per heavy atom. The first-order valence-corrected chi connectivity index (χ1v) is 6.69. The average molecular weight is 244 g/mol. The molecule has 0 aliphatic rings. The van der Waals surface area contributed by atoms with E-state index < -0.39 is 0 Å². The maximum absolute atomic E-state index is 12.1. The maximum Gasteiger partial charge on any atom is 0.192 e. The fourth-order valence-electron chi connectivity index (χ4n) is 1.22. The zero-order valence-corrected chi connectivity index (χ0v) is 12.3. The molecule has 1 atom stereocenters. The van der Waals surface area contributed by atoms with Gasteiger partial charge < -0.3 is 0 Å². The number of Topliss-reactive ketones (excluding diaryl/α,β-unsaturated/α-hetero) is 1. The Kier molecular flexibility index (Phi) is 5.74. The second kappa shape index (κ2) is 5.85. The Hall–Kier alpha value is -0.310. The largest absolute Gasteiger partial charge is 0.298 e. The van der Waals surface area contributed by atoms with Gasteiger partial charge in [-0.05, 0) is 5.41 Å². The van der Waals surface area contributed by atoms with E-state index in [9.17, 15) is 9.59 Å². The van der Waals surface area contributed by atoms with E-state index in [-0.39, 0.29) is 33.4 Å². The molecule has 0 aromatic heterocycles. The normalized spacial score (nSPS) is 14.3. The number of hydrogen-bond acceptors (Lipinski definition) is 3. The number of rotatable bonds is 4. The molecule has 0 heterocycles. The van der Waals surface area contributed by atoms with E-state index in [2.05, 4.69) is 0 Å². The van der Waals surface area contributed by atoms with E-state index in [1.165, 1.54) is 11.8 Å². The van der Waals surface area contributed by atoms with Crippen LogP contribution < -0.4 is 0 Å². The van der Waals surface area contributed by atoms with Crippen molar-refractivity contribution in [3.8, 4) is 0 Å². The summed E-state index contributed by atoms with van der Waals surface area (Å²) in [6.45, 7) is 13.6. The maximum atomic E-state index is 12.1. The van der Waals surface area contributed by atoms with E-state index >= 15 is 0 Å². The zero-order valence-electron chi connectivity index (χ0n) is 11.5. The van der Waals surface area contributed by atoms with Crippen LogP contribution in [0.15, 0.2) is 0 Å². The molecule has 3 heteroatoms. The highest BCUT2D eigenvalue weighted by atomic mass is 32.2. The number of hydrogen-bond donors (Lipinski definition) is 0. The molecule has 94 valence electrons. The minimum absolute atomic E-state index is 0.0170. The van der Waals surface area contributed by atoms with Gasteiger partial charge in [0.2, 0.25) is 0 Å². The fraction of sp³-hybridized carbons (Fsp3) is 0.846. The van der Waals surface area contributed by atoms with E-state index in [0.717, 1.165) is 0 Å². The minimum Gasteiger partial charge on any atom is -0.298 e. The van der Waals surface area contributed by atoms with Crippen LogP contribution >= 0.6 is 11.8 Å². The van der Waals surface area contributed by atoms with Crippen LogP contribution in [-0.4, -0.2) is 16.1 Å². The van der Waals surface area contributed by atoms with E-state index in [4.69, 9.17) is 0 Å². The summed E-state index contributed by atoms with van der Waals surface area (Å²) in [7, 11) is 0. The molecule has 0 N–H and O–H groups in total. The summed E-state index contributed by atoms with van der Waals surface area (Å²) in [5.41, 5.74) is -0.170. The average Bonchev–Trinajstić information content (AvgIpc) is 2.10. The molecule has 0 rings (SSSR count). The molecule has 0 aliphatic heterocycles. The van der Waals surface area contributed by atoms with Gasteiger partial charge in [0.1, 0.15) is 5.78 Å². The summed E-state index contributed by atoms with van der Waals surface area (Å²) < 4.78 is 0. The van der Waals surface area contributed by atoms with Gasteiger partial charge in [-0.3, -0.25) is 9.59 Å².